The van der Waals surface area contributed by atoms with Crippen molar-refractivity contribution in [3.05, 3.63) is 29.8 Å². The number of ether oxygens (including phenoxy) is 1. The van der Waals surface area contributed by atoms with E-state index in [0.29, 0.717) is 6.42 Å². The van der Waals surface area contributed by atoms with Crippen LogP contribution in [0.3, 0.4) is 0 Å². The Bertz CT molecular complexity index is 553. The predicted molar refractivity (Wildman–Crippen MR) is 79.4 cm³/mol. The van der Waals surface area contributed by atoms with E-state index in [0.717, 1.165) is 12.0 Å². The lowest BCUT2D eigenvalue weighted by atomic mass is 10.1. The molecule has 0 saturated carbocycles. The van der Waals surface area contributed by atoms with Gasteiger partial charge in [-0.05, 0) is 30.5 Å². The largest absolute Gasteiger partial charge is 0.508 e. The molecule has 1 rings (SSSR count). The van der Waals surface area contributed by atoms with Gasteiger partial charge in [0, 0.05) is 0 Å². The topological polar surface area (TPSA) is 92.7 Å². The molecule has 2 N–H and O–H groups in total. The lowest BCUT2D eigenvalue weighted by Crippen LogP contribution is -2.43. The van der Waals surface area contributed by atoms with Crippen molar-refractivity contribution >= 4 is 16.0 Å². The first kappa shape index (κ1) is 17.5. The van der Waals surface area contributed by atoms with Crippen molar-refractivity contribution in [3.63, 3.8) is 0 Å². The van der Waals surface area contributed by atoms with E-state index in [1.165, 1.54) is 19.2 Å². The zero-order chi connectivity index (χ0) is 15.9. The number of unbranched alkanes of at least 4 members (excludes halogenated alkanes) is 1. The van der Waals surface area contributed by atoms with E-state index in [1.807, 2.05) is 6.92 Å². The quantitative estimate of drug-likeness (QED) is 0.703. The molecule has 1 atom stereocenters. The molecule has 6 nitrogen and oxygen atoms in total. The molecule has 1 aromatic rings. The van der Waals surface area contributed by atoms with Gasteiger partial charge in [0.05, 0.1) is 12.9 Å². The van der Waals surface area contributed by atoms with Crippen molar-refractivity contribution in [2.45, 2.75) is 32.2 Å². The summed E-state index contributed by atoms with van der Waals surface area (Å²) in [5, 5.41) is 9.23. The SMILES string of the molecule is CCCCS(=O)(=O)NC(Cc1ccc(O)cc1)C(=O)OC. The van der Waals surface area contributed by atoms with Crippen molar-refractivity contribution < 1.29 is 23.1 Å². The zero-order valence-electron chi connectivity index (χ0n) is 12.2. The maximum absolute atomic E-state index is 11.9. The van der Waals surface area contributed by atoms with Gasteiger partial charge in [-0.3, -0.25) is 4.79 Å². The summed E-state index contributed by atoms with van der Waals surface area (Å²) < 4.78 is 30.8. The summed E-state index contributed by atoms with van der Waals surface area (Å²) in [6, 6.07) is 5.25. The van der Waals surface area contributed by atoms with Gasteiger partial charge in [-0.25, -0.2) is 13.1 Å². The smallest absolute Gasteiger partial charge is 0.324 e. The number of carbonyl (C=O) groups excluding carboxylic acids is 1. The van der Waals surface area contributed by atoms with Gasteiger partial charge in [-0.1, -0.05) is 25.5 Å². The molecule has 0 aliphatic heterocycles. The monoisotopic (exact) mass is 315 g/mol. The molecular formula is C14H21NO5S. The first-order chi connectivity index (χ1) is 9.88. The summed E-state index contributed by atoms with van der Waals surface area (Å²) in [5.41, 5.74) is 0.724. The van der Waals surface area contributed by atoms with Gasteiger partial charge >= 0.3 is 5.97 Å². The van der Waals surface area contributed by atoms with E-state index in [1.54, 1.807) is 12.1 Å². The molecule has 0 radical (unpaired) electrons. The molecule has 0 aliphatic rings. The number of methoxy groups -OCH3 is 1. The number of esters is 1. The number of nitrogens with one attached hydrogen (secondary N) is 1. The lowest BCUT2D eigenvalue weighted by Gasteiger charge is -2.16. The number of hydrogen-bond acceptors (Lipinski definition) is 5. The van der Waals surface area contributed by atoms with Crippen LogP contribution < -0.4 is 4.72 Å². The molecule has 1 unspecified atom stereocenters. The van der Waals surface area contributed by atoms with Crippen molar-refractivity contribution in [2.75, 3.05) is 12.9 Å². The molecule has 0 amide bonds. The minimum atomic E-state index is -3.53. The van der Waals surface area contributed by atoms with Crippen LogP contribution in [0.4, 0.5) is 0 Å². The van der Waals surface area contributed by atoms with Crippen molar-refractivity contribution in [2.24, 2.45) is 0 Å². The van der Waals surface area contributed by atoms with E-state index < -0.39 is 22.0 Å². The average Bonchev–Trinajstić information content (AvgIpc) is 2.45. The molecule has 21 heavy (non-hydrogen) atoms. The minimum absolute atomic E-state index is 0.0213. The molecule has 7 heteroatoms. The summed E-state index contributed by atoms with van der Waals surface area (Å²) in [6.45, 7) is 1.89. The molecule has 0 saturated heterocycles. The molecule has 1 aromatic carbocycles. The van der Waals surface area contributed by atoms with Gasteiger partial charge in [-0.15, -0.1) is 0 Å². The fourth-order valence-corrected chi connectivity index (χ4v) is 3.19. The van der Waals surface area contributed by atoms with Crippen molar-refractivity contribution in [1.82, 2.24) is 4.72 Å². The number of aromatic hydroxyl groups is 1. The Kier molecular flexibility index (Phi) is 6.64. The summed E-state index contributed by atoms with van der Waals surface area (Å²) >= 11 is 0. The Labute approximate surface area is 125 Å². The van der Waals surface area contributed by atoms with Crippen LogP contribution in [0.1, 0.15) is 25.3 Å². The second-order valence-corrected chi connectivity index (χ2v) is 6.61. The third-order valence-corrected chi connectivity index (χ3v) is 4.42. The fraction of sp³-hybridized carbons (Fsp3) is 0.500. The second-order valence-electron chi connectivity index (χ2n) is 4.74. The molecule has 118 valence electrons. The Hall–Kier alpha value is -1.60. The summed E-state index contributed by atoms with van der Waals surface area (Å²) in [6.07, 6.45) is 1.45. The highest BCUT2D eigenvalue weighted by molar-refractivity contribution is 7.89. The van der Waals surface area contributed by atoms with Gasteiger partial charge in [0.15, 0.2) is 0 Å². The maximum Gasteiger partial charge on any atom is 0.324 e. The minimum Gasteiger partial charge on any atom is -0.508 e. The summed E-state index contributed by atoms with van der Waals surface area (Å²) in [5.74, 6) is -0.549. The van der Waals surface area contributed by atoms with Crippen LogP contribution in [0, 0.1) is 0 Å². The number of sulfonamides is 1. The first-order valence-electron chi connectivity index (χ1n) is 6.73. The van der Waals surface area contributed by atoms with Crippen LogP contribution in [0.25, 0.3) is 0 Å². The Morgan fingerprint density at radius 2 is 1.95 bits per heavy atom. The number of benzene rings is 1. The van der Waals surface area contributed by atoms with Crippen LogP contribution in [-0.4, -0.2) is 38.4 Å². The maximum atomic E-state index is 11.9. The van der Waals surface area contributed by atoms with Crippen LogP contribution in [0.2, 0.25) is 0 Å². The summed E-state index contributed by atoms with van der Waals surface area (Å²) in [4.78, 5) is 11.7. The molecule has 0 spiro atoms. The molecule has 0 fully saturated rings. The lowest BCUT2D eigenvalue weighted by molar-refractivity contribution is -0.142. The van der Waals surface area contributed by atoms with E-state index in [4.69, 9.17) is 0 Å². The number of phenols is 1. The highest BCUT2D eigenvalue weighted by Gasteiger charge is 2.25. The predicted octanol–water partition coefficient (Wildman–Crippen LogP) is 1.20. The van der Waals surface area contributed by atoms with E-state index in [-0.39, 0.29) is 17.9 Å². The highest BCUT2D eigenvalue weighted by Crippen LogP contribution is 2.12. The second kappa shape index (κ2) is 7.99. The molecule has 0 aliphatic carbocycles. The van der Waals surface area contributed by atoms with E-state index in [9.17, 15) is 18.3 Å². The van der Waals surface area contributed by atoms with Crippen LogP contribution >= 0.6 is 0 Å². The van der Waals surface area contributed by atoms with Gasteiger partial charge in [0.25, 0.3) is 0 Å². The zero-order valence-corrected chi connectivity index (χ0v) is 13.0. The third-order valence-electron chi connectivity index (χ3n) is 2.95. The molecule has 0 bridgehead atoms. The van der Waals surface area contributed by atoms with E-state index >= 15 is 0 Å². The van der Waals surface area contributed by atoms with Crippen LogP contribution in [-0.2, 0) is 26.0 Å². The van der Waals surface area contributed by atoms with Gasteiger partial charge in [0.2, 0.25) is 10.0 Å². The van der Waals surface area contributed by atoms with E-state index in [2.05, 4.69) is 9.46 Å². The fourth-order valence-electron chi connectivity index (χ4n) is 1.79. The average molecular weight is 315 g/mol. The van der Waals surface area contributed by atoms with Crippen LogP contribution in [0.5, 0.6) is 5.75 Å². The van der Waals surface area contributed by atoms with Crippen molar-refractivity contribution in [1.29, 1.82) is 0 Å². The number of phenolic OH excluding ortho intramolecular Hbond substituents is 1. The standard InChI is InChI=1S/C14H21NO5S/c1-3-4-9-21(18,19)15-13(14(17)20-2)10-11-5-7-12(16)8-6-11/h5-8,13,15-16H,3-4,9-10H2,1-2H3. The molecule has 0 aromatic heterocycles. The Morgan fingerprint density at radius 3 is 2.48 bits per heavy atom. The van der Waals surface area contributed by atoms with Gasteiger partial charge in [0.1, 0.15) is 11.8 Å². The Morgan fingerprint density at radius 1 is 1.33 bits per heavy atom. The first-order valence-corrected chi connectivity index (χ1v) is 8.39. The number of carbonyl (C=O) groups is 1. The number of hydrogen-bond donors (Lipinski definition) is 2. The highest BCUT2D eigenvalue weighted by atomic mass is 32.2. The van der Waals surface area contributed by atoms with Crippen molar-refractivity contribution in [3.8, 4) is 5.75 Å². The van der Waals surface area contributed by atoms with Crippen LogP contribution in [0.15, 0.2) is 24.3 Å². The van der Waals surface area contributed by atoms with Gasteiger partial charge < -0.3 is 9.84 Å². The summed E-state index contributed by atoms with van der Waals surface area (Å²) in [7, 11) is -2.31. The Balaban J connectivity index is 2.81. The number of rotatable bonds is 8. The normalized spacial score (nSPS) is 12.9. The van der Waals surface area contributed by atoms with Gasteiger partial charge in [-0.2, -0.15) is 0 Å². The third kappa shape index (κ3) is 6.14. The molecular weight excluding hydrogens is 294 g/mol. The molecule has 0 heterocycles.